The highest BCUT2D eigenvalue weighted by Crippen LogP contribution is 2.23. The van der Waals surface area contributed by atoms with Crippen molar-refractivity contribution in [1.82, 2.24) is 4.90 Å². The van der Waals surface area contributed by atoms with E-state index >= 15 is 0 Å². The molecule has 118 valence electrons. The Morgan fingerprint density at radius 3 is 2.45 bits per heavy atom. The molecule has 0 unspecified atom stereocenters. The summed E-state index contributed by atoms with van der Waals surface area (Å²) in [6, 6.07) is 6.06. The van der Waals surface area contributed by atoms with Crippen LogP contribution >= 0.6 is 0 Å². The van der Waals surface area contributed by atoms with Gasteiger partial charge in [0.25, 0.3) is 0 Å². The highest BCUT2D eigenvalue weighted by molar-refractivity contribution is 5.94. The van der Waals surface area contributed by atoms with Crippen molar-refractivity contribution in [3.8, 4) is 0 Å². The zero-order valence-corrected chi connectivity index (χ0v) is 12.7. The Hall–Kier alpha value is -2.50. The van der Waals surface area contributed by atoms with Gasteiger partial charge in [0.2, 0.25) is 5.91 Å². The van der Waals surface area contributed by atoms with Crippen molar-refractivity contribution in [3.63, 3.8) is 0 Å². The van der Waals surface area contributed by atoms with Crippen LogP contribution in [0.15, 0.2) is 30.4 Å². The van der Waals surface area contributed by atoms with E-state index in [2.05, 4.69) is 17.9 Å². The maximum absolute atomic E-state index is 11.8. The SMILES string of the molecule is CCc1ccc(N2CCN(C(=O)/C=C/C(=O)O)CC2)cc1N. The third-order valence-corrected chi connectivity index (χ3v) is 3.84. The zero-order chi connectivity index (χ0) is 16.1. The van der Waals surface area contributed by atoms with E-state index in [9.17, 15) is 9.59 Å². The first-order valence-corrected chi connectivity index (χ1v) is 7.34. The third-order valence-electron chi connectivity index (χ3n) is 3.84. The molecule has 0 aliphatic carbocycles. The van der Waals surface area contributed by atoms with E-state index in [1.807, 2.05) is 12.1 Å². The second kappa shape index (κ2) is 6.98. The number of piperazine rings is 1. The molecule has 1 saturated heterocycles. The number of carboxylic acid groups (broad SMARTS) is 1. The minimum Gasteiger partial charge on any atom is -0.478 e. The first-order chi connectivity index (χ1) is 10.5. The molecule has 1 heterocycles. The summed E-state index contributed by atoms with van der Waals surface area (Å²) in [7, 11) is 0. The predicted octanol–water partition coefficient (Wildman–Crippen LogP) is 1.12. The smallest absolute Gasteiger partial charge is 0.328 e. The number of aryl methyl sites for hydroxylation is 1. The van der Waals surface area contributed by atoms with E-state index in [0.717, 1.165) is 35.5 Å². The molecular weight excluding hydrogens is 282 g/mol. The van der Waals surface area contributed by atoms with Crippen molar-refractivity contribution < 1.29 is 14.7 Å². The zero-order valence-electron chi connectivity index (χ0n) is 12.7. The molecule has 0 saturated carbocycles. The molecule has 1 aromatic carbocycles. The standard InChI is InChI=1S/C16H21N3O3/c1-2-12-3-4-13(11-14(12)17)18-7-9-19(10-8-18)15(20)5-6-16(21)22/h3-6,11H,2,7-10,17H2,1H3,(H,21,22)/b6-5+. The average Bonchev–Trinajstić information content (AvgIpc) is 2.52. The predicted molar refractivity (Wildman–Crippen MR) is 85.8 cm³/mol. The molecule has 6 heteroatoms. The number of amides is 1. The third kappa shape index (κ3) is 3.78. The van der Waals surface area contributed by atoms with Crippen LogP contribution in [-0.2, 0) is 16.0 Å². The quantitative estimate of drug-likeness (QED) is 0.643. The monoisotopic (exact) mass is 303 g/mol. The molecule has 0 bridgehead atoms. The molecule has 0 aromatic heterocycles. The average molecular weight is 303 g/mol. The van der Waals surface area contributed by atoms with Crippen LogP contribution in [0.3, 0.4) is 0 Å². The number of anilines is 2. The maximum Gasteiger partial charge on any atom is 0.328 e. The lowest BCUT2D eigenvalue weighted by Crippen LogP contribution is -2.48. The highest BCUT2D eigenvalue weighted by atomic mass is 16.4. The molecular formula is C16H21N3O3. The summed E-state index contributed by atoms with van der Waals surface area (Å²) in [4.78, 5) is 26.1. The number of carbonyl (C=O) groups excluding carboxylic acids is 1. The molecule has 1 aliphatic heterocycles. The lowest BCUT2D eigenvalue weighted by atomic mass is 10.1. The van der Waals surface area contributed by atoms with Crippen LogP contribution in [0.5, 0.6) is 0 Å². The lowest BCUT2D eigenvalue weighted by Gasteiger charge is -2.35. The minimum atomic E-state index is -1.11. The second-order valence-corrected chi connectivity index (χ2v) is 5.22. The number of benzene rings is 1. The van der Waals surface area contributed by atoms with Crippen LogP contribution < -0.4 is 10.6 Å². The molecule has 0 spiro atoms. The summed E-state index contributed by atoms with van der Waals surface area (Å²) in [6.45, 7) is 4.62. The van der Waals surface area contributed by atoms with Crippen LogP contribution in [-0.4, -0.2) is 48.1 Å². The van der Waals surface area contributed by atoms with Crippen LogP contribution in [0.1, 0.15) is 12.5 Å². The Labute approximate surface area is 129 Å². The number of rotatable bonds is 4. The van der Waals surface area contributed by atoms with Crippen molar-refractivity contribution in [3.05, 3.63) is 35.9 Å². The van der Waals surface area contributed by atoms with Gasteiger partial charge in [-0.05, 0) is 24.1 Å². The van der Waals surface area contributed by atoms with E-state index in [4.69, 9.17) is 10.8 Å². The first kappa shape index (κ1) is 15.9. The summed E-state index contributed by atoms with van der Waals surface area (Å²) < 4.78 is 0. The van der Waals surface area contributed by atoms with E-state index in [0.29, 0.717) is 26.2 Å². The summed E-state index contributed by atoms with van der Waals surface area (Å²) in [5, 5.41) is 8.54. The summed E-state index contributed by atoms with van der Waals surface area (Å²) in [5.41, 5.74) is 9.01. The normalized spacial score (nSPS) is 15.3. The van der Waals surface area contributed by atoms with Gasteiger partial charge in [0.15, 0.2) is 0 Å². The maximum atomic E-state index is 11.8. The molecule has 1 amide bonds. The number of hydrogen-bond donors (Lipinski definition) is 2. The molecule has 6 nitrogen and oxygen atoms in total. The minimum absolute atomic E-state index is 0.261. The number of aliphatic carboxylic acids is 1. The van der Waals surface area contributed by atoms with Crippen molar-refractivity contribution >= 4 is 23.3 Å². The fourth-order valence-electron chi connectivity index (χ4n) is 2.53. The molecule has 22 heavy (non-hydrogen) atoms. The first-order valence-electron chi connectivity index (χ1n) is 7.34. The molecule has 2 rings (SSSR count). The van der Waals surface area contributed by atoms with Gasteiger partial charge in [0.05, 0.1) is 0 Å². The van der Waals surface area contributed by atoms with Gasteiger partial charge in [-0.3, -0.25) is 4.79 Å². The van der Waals surface area contributed by atoms with E-state index in [1.54, 1.807) is 4.90 Å². The van der Waals surface area contributed by atoms with Gasteiger partial charge in [-0.1, -0.05) is 13.0 Å². The largest absolute Gasteiger partial charge is 0.478 e. The van der Waals surface area contributed by atoms with Gasteiger partial charge in [-0.25, -0.2) is 4.79 Å². The molecule has 1 fully saturated rings. The fraction of sp³-hybridized carbons (Fsp3) is 0.375. The number of carboxylic acids is 1. The number of nitrogens with zero attached hydrogens (tertiary/aromatic N) is 2. The van der Waals surface area contributed by atoms with Crippen LogP contribution in [0.2, 0.25) is 0 Å². The Kier molecular flexibility index (Phi) is 5.04. The van der Waals surface area contributed by atoms with Gasteiger partial charge in [0, 0.05) is 49.7 Å². The second-order valence-electron chi connectivity index (χ2n) is 5.22. The molecule has 0 atom stereocenters. The van der Waals surface area contributed by atoms with Crippen molar-refractivity contribution in [2.24, 2.45) is 0 Å². The fourth-order valence-corrected chi connectivity index (χ4v) is 2.53. The lowest BCUT2D eigenvalue weighted by molar-refractivity contribution is -0.132. The summed E-state index contributed by atoms with van der Waals surface area (Å²) in [6.07, 6.45) is 2.88. The van der Waals surface area contributed by atoms with Crippen LogP contribution in [0.25, 0.3) is 0 Å². The van der Waals surface area contributed by atoms with Crippen LogP contribution in [0, 0.1) is 0 Å². The van der Waals surface area contributed by atoms with Crippen molar-refractivity contribution in [2.75, 3.05) is 36.8 Å². The molecule has 3 N–H and O–H groups in total. The van der Waals surface area contributed by atoms with Gasteiger partial charge < -0.3 is 20.6 Å². The van der Waals surface area contributed by atoms with Gasteiger partial charge >= 0.3 is 5.97 Å². The molecule has 1 aromatic rings. The van der Waals surface area contributed by atoms with Crippen molar-refractivity contribution in [1.29, 1.82) is 0 Å². The van der Waals surface area contributed by atoms with Gasteiger partial charge in [-0.2, -0.15) is 0 Å². The number of hydrogen-bond acceptors (Lipinski definition) is 4. The van der Waals surface area contributed by atoms with Gasteiger partial charge in [-0.15, -0.1) is 0 Å². The number of nitrogens with two attached hydrogens (primary N) is 1. The van der Waals surface area contributed by atoms with Gasteiger partial charge in [0.1, 0.15) is 0 Å². The van der Waals surface area contributed by atoms with E-state index < -0.39 is 5.97 Å². The van der Waals surface area contributed by atoms with E-state index in [1.165, 1.54) is 0 Å². The molecule has 1 aliphatic rings. The topological polar surface area (TPSA) is 86.9 Å². The van der Waals surface area contributed by atoms with Crippen molar-refractivity contribution in [2.45, 2.75) is 13.3 Å². The van der Waals surface area contributed by atoms with Crippen LogP contribution in [0.4, 0.5) is 11.4 Å². The Bertz CT molecular complexity index is 590. The Morgan fingerprint density at radius 1 is 1.23 bits per heavy atom. The Balaban J connectivity index is 1.96. The molecule has 0 radical (unpaired) electrons. The Morgan fingerprint density at radius 2 is 1.91 bits per heavy atom. The summed E-state index contributed by atoms with van der Waals surface area (Å²) in [5.74, 6) is -1.37. The highest BCUT2D eigenvalue weighted by Gasteiger charge is 2.20. The summed E-state index contributed by atoms with van der Waals surface area (Å²) >= 11 is 0. The number of carbonyl (C=O) groups is 2. The van der Waals surface area contributed by atoms with E-state index in [-0.39, 0.29) is 5.91 Å². The number of nitrogen functional groups attached to an aromatic ring is 1.